The van der Waals surface area contributed by atoms with Crippen LogP contribution in [-0.2, 0) is 5.92 Å². The fraction of sp³-hybridized carbons (Fsp3) is 0.267. The highest BCUT2D eigenvalue weighted by molar-refractivity contribution is 5.89. The molecule has 24 heavy (non-hydrogen) atoms. The van der Waals surface area contributed by atoms with Crippen molar-refractivity contribution in [3.63, 3.8) is 0 Å². The van der Waals surface area contributed by atoms with Crippen molar-refractivity contribution in [3.8, 4) is 11.3 Å². The van der Waals surface area contributed by atoms with Gasteiger partial charge >= 0.3 is 5.76 Å². The van der Waals surface area contributed by atoms with Crippen LogP contribution in [0.2, 0.25) is 0 Å². The number of hydrogen-bond donors (Lipinski definition) is 1. The lowest BCUT2D eigenvalue weighted by Crippen LogP contribution is -2.18. The Balaban J connectivity index is 1.83. The Morgan fingerprint density at radius 2 is 1.96 bits per heavy atom. The van der Waals surface area contributed by atoms with Crippen LogP contribution >= 0.6 is 0 Å². The summed E-state index contributed by atoms with van der Waals surface area (Å²) in [7, 11) is 0. The molecule has 0 atom stereocenters. The Morgan fingerprint density at radius 1 is 1.21 bits per heavy atom. The zero-order chi connectivity index (χ0) is 17.1. The molecule has 5 nitrogen and oxygen atoms in total. The fourth-order valence-corrected chi connectivity index (χ4v) is 2.53. The van der Waals surface area contributed by atoms with E-state index in [2.05, 4.69) is 9.97 Å². The van der Waals surface area contributed by atoms with Crippen molar-refractivity contribution in [2.24, 2.45) is 5.92 Å². The zero-order valence-corrected chi connectivity index (χ0v) is 11.9. The summed E-state index contributed by atoms with van der Waals surface area (Å²) in [6.45, 7) is 0. The summed E-state index contributed by atoms with van der Waals surface area (Å²) in [6, 6.07) is 0.775. The summed E-state index contributed by atoms with van der Waals surface area (Å²) < 4.78 is 60.1. The van der Waals surface area contributed by atoms with E-state index in [1.54, 1.807) is 0 Å². The summed E-state index contributed by atoms with van der Waals surface area (Å²) in [6.07, 6.45) is 2.76. The first-order valence-electron chi connectivity index (χ1n) is 7.09. The third kappa shape index (κ3) is 2.19. The maximum atomic E-state index is 14.0. The Kier molecular flexibility index (Phi) is 3.03. The highest BCUT2D eigenvalue weighted by atomic mass is 19.3. The summed E-state index contributed by atoms with van der Waals surface area (Å²) >= 11 is 0. The molecule has 1 saturated carbocycles. The number of halogens is 4. The van der Waals surface area contributed by atoms with Crippen molar-refractivity contribution in [2.45, 2.75) is 18.8 Å². The first-order valence-corrected chi connectivity index (χ1v) is 7.09. The minimum Gasteiger partial charge on any atom is -0.407 e. The molecule has 0 radical (unpaired) electrons. The highest BCUT2D eigenvalue weighted by Crippen LogP contribution is 2.48. The Bertz CT molecular complexity index is 990. The van der Waals surface area contributed by atoms with Gasteiger partial charge in [-0.15, -0.1) is 0 Å². The van der Waals surface area contributed by atoms with Gasteiger partial charge in [-0.1, -0.05) is 0 Å². The quantitative estimate of drug-likeness (QED) is 0.743. The van der Waals surface area contributed by atoms with Crippen LogP contribution in [0.15, 0.2) is 27.7 Å². The van der Waals surface area contributed by atoms with Gasteiger partial charge in [0.05, 0.1) is 18.1 Å². The number of fused-ring (bicyclic) bond motifs is 1. The number of benzene rings is 1. The Morgan fingerprint density at radius 3 is 2.58 bits per heavy atom. The molecule has 0 saturated heterocycles. The molecule has 2 aromatic heterocycles. The number of rotatable bonds is 3. The number of H-pyrrole nitrogens is 1. The third-order valence-corrected chi connectivity index (χ3v) is 3.95. The van der Waals surface area contributed by atoms with Gasteiger partial charge in [-0.2, -0.15) is 8.78 Å². The molecule has 1 aliphatic rings. The molecule has 0 bridgehead atoms. The predicted octanol–water partition coefficient (Wildman–Crippen LogP) is 3.36. The lowest BCUT2D eigenvalue weighted by atomic mass is 10.1. The molecular formula is C15H9F4N3O2. The van der Waals surface area contributed by atoms with E-state index in [1.165, 1.54) is 0 Å². The van der Waals surface area contributed by atoms with Gasteiger partial charge in [-0.3, -0.25) is 15.0 Å². The van der Waals surface area contributed by atoms with Crippen LogP contribution in [0.4, 0.5) is 17.6 Å². The molecule has 0 amide bonds. The Labute approximate surface area is 131 Å². The van der Waals surface area contributed by atoms with E-state index in [1.807, 2.05) is 4.98 Å². The molecule has 2 heterocycles. The van der Waals surface area contributed by atoms with Gasteiger partial charge in [0.1, 0.15) is 11.2 Å². The average Bonchev–Trinajstić information content (AvgIpc) is 3.34. The summed E-state index contributed by atoms with van der Waals surface area (Å²) in [5, 5.41) is 0. The second kappa shape index (κ2) is 4.89. The number of aromatic amines is 1. The van der Waals surface area contributed by atoms with Crippen LogP contribution in [0.25, 0.3) is 22.4 Å². The zero-order valence-electron chi connectivity index (χ0n) is 11.9. The molecule has 1 aromatic carbocycles. The van der Waals surface area contributed by atoms with Crippen molar-refractivity contribution >= 4 is 11.1 Å². The van der Waals surface area contributed by atoms with Gasteiger partial charge in [0.25, 0.3) is 5.92 Å². The molecule has 1 N–H and O–H groups in total. The molecule has 0 spiro atoms. The van der Waals surface area contributed by atoms with Crippen molar-refractivity contribution < 1.29 is 22.0 Å². The molecule has 3 aromatic rings. The second-order valence-corrected chi connectivity index (χ2v) is 5.62. The number of oxazole rings is 1. The standard InChI is InChI=1S/C15H9F4N3O2/c16-8-3-7(13-12(11(8)17)22-14(23)24-13)9-4-21-10(5-20-9)15(18,19)6-1-2-6/h3-6H,1-2H2,(H,22,23). The van der Waals surface area contributed by atoms with E-state index in [4.69, 9.17) is 4.42 Å². The minimum absolute atomic E-state index is 0.0167. The van der Waals surface area contributed by atoms with E-state index in [0.29, 0.717) is 12.8 Å². The molecule has 9 heteroatoms. The second-order valence-electron chi connectivity index (χ2n) is 5.62. The van der Waals surface area contributed by atoms with E-state index in [0.717, 1.165) is 18.5 Å². The maximum Gasteiger partial charge on any atom is 0.417 e. The number of aromatic nitrogens is 3. The monoisotopic (exact) mass is 339 g/mol. The van der Waals surface area contributed by atoms with Crippen LogP contribution in [0.1, 0.15) is 18.5 Å². The number of nitrogens with zero attached hydrogens (tertiary/aromatic N) is 2. The van der Waals surface area contributed by atoms with Crippen molar-refractivity contribution in [1.29, 1.82) is 0 Å². The first-order chi connectivity index (χ1) is 11.4. The van der Waals surface area contributed by atoms with Gasteiger partial charge in [-0.25, -0.2) is 13.6 Å². The van der Waals surface area contributed by atoms with Gasteiger partial charge in [0, 0.05) is 11.5 Å². The van der Waals surface area contributed by atoms with E-state index < -0.39 is 40.4 Å². The maximum absolute atomic E-state index is 14.0. The lowest BCUT2D eigenvalue weighted by Gasteiger charge is -2.14. The van der Waals surface area contributed by atoms with Crippen LogP contribution in [0.5, 0.6) is 0 Å². The fourth-order valence-electron chi connectivity index (χ4n) is 2.53. The van der Waals surface area contributed by atoms with Gasteiger partial charge in [0.15, 0.2) is 17.2 Å². The van der Waals surface area contributed by atoms with Crippen LogP contribution in [-0.4, -0.2) is 15.0 Å². The third-order valence-electron chi connectivity index (χ3n) is 3.95. The van der Waals surface area contributed by atoms with E-state index in [9.17, 15) is 22.4 Å². The first kappa shape index (κ1) is 14.9. The molecular weight excluding hydrogens is 330 g/mol. The van der Waals surface area contributed by atoms with Crippen LogP contribution in [0.3, 0.4) is 0 Å². The van der Waals surface area contributed by atoms with Crippen LogP contribution in [0, 0.1) is 17.6 Å². The average molecular weight is 339 g/mol. The molecule has 0 unspecified atom stereocenters. The number of hydrogen-bond acceptors (Lipinski definition) is 4. The SMILES string of the molecule is O=c1[nH]c2c(F)c(F)cc(-c3cnc(C(F)(F)C4CC4)cn3)c2o1. The predicted molar refractivity (Wildman–Crippen MR) is 74.4 cm³/mol. The van der Waals surface area contributed by atoms with E-state index >= 15 is 0 Å². The van der Waals surface area contributed by atoms with Gasteiger partial charge < -0.3 is 4.42 Å². The van der Waals surface area contributed by atoms with Crippen molar-refractivity contribution in [3.05, 3.63) is 46.3 Å². The van der Waals surface area contributed by atoms with Gasteiger partial charge in [-0.05, 0) is 18.9 Å². The largest absolute Gasteiger partial charge is 0.417 e. The summed E-state index contributed by atoms with van der Waals surface area (Å²) in [5.74, 6) is -7.29. The summed E-state index contributed by atoms with van der Waals surface area (Å²) in [4.78, 5) is 20.8. The number of nitrogens with one attached hydrogen (secondary N) is 1. The molecule has 0 aliphatic heterocycles. The van der Waals surface area contributed by atoms with E-state index in [-0.39, 0.29) is 16.8 Å². The van der Waals surface area contributed by atoms with Crippen molar-refractivity contribution in [1.82, 2.24) is 15.0 Å². The minimum atomic E-state index is -3.07. The number of alkyl halides is 2. The lowest BCUT2D eigenvalue weighted by molar-refractivity contribution is -0.0331. The molecule has 124 valence electrons. The molecule has 1 fully saturated rings. The molecule has 1 aliphatic carbocycles. The van der Waals surface area contributed by atoms with Gasteiger partial charge in [0.2, 0.25) is 0 Å². The normalized spacial score (nSPS) is 15.2. The topological polar surface area (TPSA) is 71.8 Å². The van der Waals surface area contributed by atoms with Crippen molar-refractivity contribution in [2.75, 3.05) is 0 Å². The molecule has 4 rings (SSSR count). The summed E-state index contributed by atoms with van der Waals surface area (Å²) in [5.41, 5.74) is -1.27. The Hall–Kier alpha value is -2.71. The smallest absolute Gasteiger partial charge is 0.407 e. The highest BCUT2D eigenvalue weighted by Gasteiger charge is 2.49. The van der Waals surface area contributed by atoms with Crippen LogP contribution < -0.4 is 5.76 Å².